The highest BCUT2D eigenvalue weighted by Crippen LogP contribution is 2.06. The van der Waals surface area contributed by atoms with Crippen molar-refractivity contribution < 1.29 is 0 Å². The number of hydrogen-bond donors (Lipinski definition) is 1. The molecule has 1 N–H and O–H groups in total. The average molecular weight is 277 g/mol. The first-order valence-corrected chi connectivity index (χ1v) is 7.89. The summed E-state index contributed by atoms with van der Waals surface area (Å²) in [7, 11) is 0. The SMILES string of the molecule is CCN(Cc1cccc(CNCC(C)C)n1)CC(C)C. The van der Waals surface area contributed by atoms with E-state index in [4.69, 9.17) is 4.98 Å². The molecule has 0 aromatic carbocycles. The topological polar surface area (TPSA) is 28.2 Å². The fraction of sp³-hybridized carbons (Fsp3) is 0.706. The van der Waals surface area contributed by atoms with Gasteiger partial charge in [0, 0.05) is 19.6 Å². The van der Waals surface area contributed by atoms with Crippen LogP contribution in [0.3, 0.4) is 0 Å². The van der Waals surface area contributed by atoms with Crippen molar-refractivity contribution in [2.24, 2.45) is 11.8 Å². The molecule has 0 spiro atoms. The minimum absolute atomic E-state index is 0.680. The predicted octanol–water partition coefficient (Wildman–Crippen LogP) is 3.31. The van der Waals surface area contributed by atoms with Crippen LogP contribution in [0.4, 0.5) is 0 Å². The van der Waals surface area contributed by atoms with Gasteiger partial charge in [-0.25, -0.2) is 0 Å². The predicted molar refractivity (Wildman–Crippen MR) is 86.6 cm³/mol. The third-order valence-electron chi connectivity index (χ3n) is 3.18. The second-order valence-electron chi connectivity index (χ2n) is 6.37. The van der Waals surface area contributed by atoms with Gasteiger partial charge in [0.25, 0.3) is 0 Å². The monoisotopic (exact) mass is 277 g/mol. The van der Waals surface area contributed by atoms with E-state index in [9.17, 15) is 0 Å². The Kier molecular flexibility index (Phi) is 7.78. The highest BCUT2D eigenvalue weighted by Gasteiger charge is 2.07. The Morgan fingerprint density at radius 2 is 1.80 bits per heavy atom. The van der Waals surface area contributed by atoms with E-state index < -0.39 is 0 Å². The number of nitrogens with one attached hydrogen (secondary N) is 1. The van der Waals surface area contributed by atoms with Crippen LogP contribution < -0.4 is 5.32 Å². The standard InChI is InChI=1S/C17H31N3/c1-6-20(12-15(4)5)13-17-9-7-8-16(19-17)11-18-10-14(2)3/h7-9,14-15,18H,6,10-13H2,1-5H3. The molecule has 0 bridgehead atoms. The molecule has 0 amide bonds. The van der Waals surface area contributed by atoms with Crippen LogP contribution in [-0.4, -0.2) is 29.5 Å². The van der Waals surface area contributed by atoms with Gasteiger partial charge in [0.1, 0.15) is 0 Å². The molecule has 0 unspecified atom stereocenters. The normalized spacial score (nSPS) is 11.8. The maximum absolute atomic E-state index is 4.76. The minimum Gasteiger partial charge on any atom is -0.311 e. The van der Waals surface area contributed by atoms with E-state index in [0.717, 1.165) is 38.4 Å². The largest absolute Gasteiger partial charge is 0.311 e. The molecule has 1 aromatic heterocycles. The lowest BCUT2D eigenvalue weighted by Crippen LogP contribution is -2.27. The molecule has 0 atom stereocenters. The summed E-state index contributed by atoms with van der Waals surface area (Å²) >= 11 is 0. The summed E-state index contributed by atoms with van der Waals surface area (Å²) in [6.45, 7) is 16.3. The highest BCUT2D eigenvalue weighted by molar-refractivity contribution is 5.11. The Hall–Kier alpha value is -0.930. The van der Waals surface area contributed by atoms with Gasteiger partial charge in [-0.2, -0.15) is 0 Å². The number of nitrogens with zero attached hydrogens (tertiary/aromatic N) is 2. The number of pyridine rings is 1. The molecule has 0 fully saturated rings. The zero-order valence-electron chi connectivity index (χ0n) is 13.8. The van der Waals surface area contributed by atoms with Crippen molar-refractivity contribution in [1.29, 1.82) is 0 Å². The molecule has 0 radical (unpaired) electrons. The minimum atomic E-state index is 0.680. The molecule has 0 aliphatic rings. The number of hydrogen-bond acceptors (Lipinski definition) is 3. The molecule has 0 saturated carbocycles. The Morgan fingerprint density at radius 1 is 1.10 bits per heavy atom. The van der Waals surface area contributed by atoms with Crippen LogP contribution in [0.5, 0.6) is 0 Å². The van der Waals surface area contributed by atoms with E-state index >= 15 is 0 Å². The van der Waals surface area contributed by atoms with Gasteiger partial charge in [-0.1, -0.05) is 40.7 Å². The third kappa shape index (κ3) is 7.01. The number of rotatable bonds is 9. The summed E-state index contributed by atoms with van der Waals surface area (Å²) in [5.41, 5.74) is 2.32. The van der Waals surface area contributed by atoms with Crippen molar-refractivity contribution >= 4 is 0 Å². The Balaban J connectivity index is 2.53. The molecule has 3 heteroatoms. The summed E-state index contributed by atoms with van der Waals surface area (Å²) in [6.07, 6.45) is 0. The Bertz CT molecular complexity index is 374. The van der Waals surface area contributed by atoms with E-state index in [1.165, 1.54) is 5.69 Å². The summed E-state index contributed by atoms with van der Waals surface area (Å²) in [4.78, 5) is 7.22. The van der Waals surface area contributed by atoms with Gasteiger partial charge < -0.3 is 5.32 Å². The fourth-order valence-corrected chi connectivity index (χ4v) is 2.26. The van der Waals surface area contributed by atoms with Gasteiger partial charge in [-0.3, -0.25) is 9.88 Å². The number of aromatic nitrogens is 1. The van der Waals surface area contributed by atoms with Gasteiger partial charge in [0.2, 0.25) is 0 Å². The van der Waals surface area contributed by atoms with Crippen molar-refractivity contribution in [3.63, 3.8) is 0 Å². The van der Waals surface area contributed by atoms with Crippen molar-refractivity contribution in [3.8, 4) is 0 Å². The van der Waals surface area contributed by atoms with Crippen LogP contribution in [-0.2, 0) is 13.1 Å². The lowest BCUT2D eigenvalue weighted by molar-refractivity contribution is 0.245. The molecule has 1 rings (SSSR count). The van der Waals surface area contributed by atoms with E-state index in [1.54, 1.807) is 0 Å². The van der Waals surface area contributed by atoms with Crippen molar-refractivity contribution in [1.82, 2.24) is 15.2 Å². The van der Waals surface area contributed by atoms with Crippen molar-refractivity contribution in [3.05, 3.63) is 29.6 Å². The van der Waals surface area contributed by atoms with Crippen LogP contribution in [0, 0.1) is 11.8 Å². The maximum Gasteiger partial charge on any atom is 0.0547 e. The van der Waals surface area contributed by atoms with Gasteiger partial charge in [0.05, 0.1) is 11.4 Å². The summed E-state index contributed by atoms with van der Waals surface area (Å²) in [5, 5.41) is 3.45. The van der Waals surface area contributed by atoms with Crippen LogP contribution >= 0.6 is 0 Å². The van der Waals surface area contributed by atoms with E-state index in [0.29, 0.717) is 11.8 Å². The van der Waals surface area contributed by atoms with Crippen LogP contribution in [0.25, 0.3) is 0 Å². The van der Waals surface area contributed by atoms with Crippen LogP contribution in [0.15, 0.2) is 18.2 Å². The first-order valence-electron chi connectivity index (χ1n) is 7.89. The first kappa shape index (κ1) is 17.1. The van der Waals surface area contributed by atoms with Crippen LogP contribution in [0.1, 0.15) is 46.0 Å². The van der Waals surface area contributed by atoms with Gasteiger partial charge in [-0.15, -0.1) is 0 Å². The molecule has 1 aromatic rings. The molecule has 1 heterocycles. The molecule has 0 aliphatic carbocycles. The second kappa shape index (κ2) is 9.09. The highest BCUT2D eigenvalue weighted by atomic mass is 15.1. The zero-order valence-corrected chi connectivity index (χ0v) is 13.8. The van der Waals surface area contributed by atoms with Gasteiger partial charge in [-0.05, 0) is 37.1 Å². The second-order valence-corrected chi connectivity index (χ2v) is 6.37. The molecular weight excluding hydrogens is 246 g/mol. The Morgan fingerprint density at radius 3 is 2.40 bits per heavy atom. The van der Waals surface area contributed by atoms with E-state index in [1.807, 2.05) is 0 Å². The van der Waals surface area contributed by atoms with E-state index in [-0.39, 0.29) is 0 Å². The molecule has 20 heavy (non-hydrogen) atoms. The van der Waals surface area contributed by atoms with E-state index in [2.05, 4.69) is 63.0 Å². The quantitative estimate of drug-likeness (QED) is 0.750. The summed E-state index contributed by atoms with van der Waals surface area (Å²) in [5.74, 6) is 1.38. The molecule has 114 valence electrons. The molecule has 0 saturated heterocycles. The molecular formula is C17H31N3. The third-order valence-corrected chi connectivity index (χ3v) is 3.18. The lowest BCUT2D eigenvalue weighted by atomic mass is 10.2. The molecule has 0 aliphatic heterocycles. The first-order chi connectivity index (χ1) is 9.51. The smallest absolute Gasteiger partial charge is 0.0547 e. The lowest BCUT2D eigenvalue weighted by Gasteiger charge is -2.22. The van der Waals surface area contributed by atoms with Crippen molar-refractivity contribution in [2.75, 3.05) is 19.6 Å². The maximum atomic E-state index is 4.76. The Labute approximate surface area is 124 Å². The average Bonchev–Trinajstić information content (AvgIpc) is 2.37. The van der Waals surface area contributed by atoms with Gasteiger partial charge in [0.15, 0.2) is 0 Å². The summed E-state index contributed by atoms with van der Waals surface area (Å²) in [6, 6.07) is 6.36. The summed E-state index contributed by atoms with van der Waals surface area (Å²) < 4.78 is 0. The van der Waals surface area contributed by atoms with Gasteiger partial charge >= 0.3 is 0 Å². The van der Waals surface area contributed by atoms with Crippen LogP contribution in [0.2, 0.25) is 0 Å². The van der Waals surface area contributed by atoms with Crippen molar-refractivity contribution in [2.45, 2.75) is 47.7 Å². The zero-order chi connectivity index (χ0) is 15.0. The fourth-order valence-electron chi connectivity index (χ4n) is 2.26. The molecule has 3 nitrogen and oxygen atoms in total.